The molecule has 0 radical (unpaired) electrons. The molecule has 0 amide bonds. The number of Topliss-reactive ketones (excluding diaryl/α,β-unsaturated/α-hetero) is 2. The SMILES string of the molecule is CCCCCC(=O)CC[C@H]1[C@H](O)CC(=O)[C@H]1CCC(C)CC(=O)OC. The Hall–Kier alpha value is -1.23. The lowest BCUT2D eigenvalue weighted by Gasteiger charge is -2.22. The molecule has 0 aromatic carbocycles. The number of ketones is 2. The first-order valence-electron chi connectivity index (χ1n) is 9.68. The van der Waals surface area contributed by atoms with E-state index < -0.39 is 6.10 Å². The molecule has 1 aliphatic carbocycles. The Morgan fingerprint density at radius 3 is 2.60 bits per heavy atom. The number of hydrogen-bond acceptors (Lipinski definition) is 5. The highest BCUT2D eigenvalue weighted by Gasteiger charge is 2.40. The summed E-state index contributed by atoms with van der Waals surface area (Å²) in [5.74, 6) is -0.0562. The Kier molecular flexibility index (Phi) is 9.94. The van der Waals surface area contributed by atoms with Gasteiger partial charge in [0.05, 0.1) is 13.2 Å². The van der Waals surface area contributed by atoms with E-state index in [9.17, 15) is 19.5 Å². The lowest BCUT2D eigenvalue weighted by molar-refractivity contribution is -0.141. The maximum Gasteiger partial charge on any atom is 0.305 e. The number of unbranched alkanes of at least 4 members (excludes halogenated alkanes) is 2. The highest BCUT2D eigenvalue weighted by Crippen LogP contribution is 2.37. The molecule has 4 atom stereocenters. The fraction of sp³-hybridized carbons (Fsp3) is 0.850. The third-order valence-corrected chi connectivity index (χ3v) is 5.36. The van der Waals surface area contributed by atoms with Crippen molar-refractivity contribution in [1.82, 2.24) is 0 Å². The van der Waals surface area contributed by atoms with E-state index in [1.165, 1.54) is 7.11 Å². The van der Waals surface area contributed by atoms with Crippen molar-refractivity contribution in [2.45, 2.75) is 84.2 Å². The molecule has 1 saturated carbocycles. The van der Waals surface area contributed by atoms with Crippen molar-refractivity contribution in [1.29, 1.82) is 0 Å². The molecular weight excluding hydrogens is 320 g/mol. The van der Waals surface area contributed by atoms with Crippen LogP contribution in [0.1, 0.15) is 78.1 Å². The molecule has 0 spiro atoms. The molecule has 1 rings (SSSR count). The van der Waals surface area contributed by atoms with Gasteiger partial charge in [-0.3, -0.25) is 14.4 Å². The summed E-state index contributed by atoms with van der Waals surface area (Å²) >= 11 is 0. The second-order valence-corrected chi connectivity index (χ2v) is 7.51. The normalized spacial score (nSPS) is 24.3. The van der Waals surface area contributed by atoms with Crippen LogP contribution in [-0.4, -0.2) is 35.9 Å². The van der Waals surface area contributed by atoms with Gasteiger partial charge in [-0.15, -0.1) is 0 Å². The van der Waals surface area contributed by atoms with Gasteiger partial charge in [0.15, 0.2) is 0 Å². The van der Waals surface area contributed by atoms with Gasteiger partial charge in [0.2, 0.25) is 0 Å². The minimum Gasteiger partial charge on any atom is -0.469 e. The average Bonchev–Trinajstić information content (AvgIpc) is 2.84. The highest BCUT2D eigenvalue weighted by atomic mass is 16.5. The maximum atomic E-state index is 12.2. The summed E-state index contributed by atoms with van der Waals surface area (Å²) in [6.45, 7) is 4.08. The zero-order valence-electron chi connectivity index (χ0n) is 16.0. The third-order valence-electron chi connectivity index (χ3n) is 5.36. The highest BCUT2D eigenvalue weighted by molar-refractivity contribution is 5.84. The summed E-state index contributed by atoms with van der Waals surface area (Å²) < 4.78 is 4.67. The number of aliphatic hydroxyl groups is 1. The Labute approximate surface area is 151 Å². The molecule has 0 aliphatic heterocycles. The molecule has 0 saturated heterocycles. The zero-order valence-corrected chi connectivity index (χ0v) is 16.0. The molecule has 1 unspecified atom stereocenters. The van der Waals surface area contributed by atoms with Gasteiger partial charge < -0.3 is 9.84 Å². The summed E-state index contributed by atoms with van der Waals surface area (Å²) in [5.41, 5.74) is 0. The van der Waals surface area contributed by atoms with Crippen LogP contribution in [0.25, 0.3) is 0 Å². The van der Waals surface area contributed by atoms with E-state index in [2.05, 4.69) is 11.7 Å². The molecule has 25 heavy (non-hydrogen) atoms. The summed E-state index contributed by atoms with van der Waals surface area (Å²) in [5, 5.41) is 10.2. The van der Waals surface area contributed by atoms with E-state index in [0.29, 0.717) is 32.1 Å². The van der Waals surface area contributed by atoms with Gasteiger partial charge in [-0.2, -0.15) is 0 Å². The maximum absolute atomic E-state index is 12.2. The van der Waals surface area contributed by atoms with Crippen LogP contribution in [0.4, 0.5) is 0 Å². The number of carbonyl (C=O) groups excluding carboxylic acids is 3. The lowest BCUT2D eigenvalue weighted by Crippen LogP contribution is -2.22. The summed E-state index contributed by atoms with van der Waals surface area (Å²) in [6.07, 6.45) is 6.07. The van der Waals surface area contributed by atoms with Crippen molar-refractivity contribution in [2.75, 3.05) is 7.11 Å². The Morgan fingerprint density at radius 2 is 1.96 bits per heavy atom. The number of carbonyl (C=O) groups is 3. The molecule has 0 heterocycles. The first-order valence-corrected chi connectivity index (χ1v) is 9.68. The van der Waals surface area contributed by atoms with Crippen LogP contribution in [0.3, 0.4) is 0 Å². The van der Waals surface area contributed by atoms with Gasteiger partial charge in [0.25, 0.3) is 0 Å². The molecule has 0 aromatic rings. The van der Waals surface area contributed by atoms with Crippen molar-refractivity contribution in [2.24, 2.45) is 17.8 Å². The third kappa shape index (κ3) is 7.68. The first kappa shape index (κ1) is 21.8. The predicted octanol–water partition coefficient (Wildman–Crippen LogP) is 3.46. The van der Waals surface area contributed by atoms with Crippen LogP contribution in [-0.2, 0) is 19.1 Å². The van der Waals surface area contributed by atoms with Crippen molar-refractivity contribution in [3.05, 3.63) is 0 Å². The predicted molar refractivity (Wildman–Crippen MR) is 96.0 cm³/mol. The zero-order chi connectivity index (χ0) is 18.8. The van der Waals surface area contributed by atoms with Gasteiger partial charge in [0, 0.05) is 31.6 Å². The Bertz CT molecular complexity index is 445. The molecule has 5 nitrogen and oxygen atoms in total. The fourth-order valence-corrected chi connectivity index (χ4v) is 3.74. The van der Waals surface area contributed by atoms with Gasteiger partial charge in [-0.1, -0.05) is 26.7 Å². The number of esters is 1. The fourth-order valence-electron chi connectivity index (χ4n) is 3.74. The quantitative estimate of drug-likeness (QED) is 0.429. The monoisotopic (exact) mass is 354 g/mol. The van der Waals surface area contributed by atoms with Crippen LogP contribution in [0, 0.1) is 17.8 Å². The topological polar surface area (TPSA) is 80.7 Å². The molecule has 1 aliphatic rings. The number of methoxy groups -OCH3 is 1. The summed E-state index contributed by atoms with van der Waals surface area (Å²) in [4.78, 5) is 35.5. The second kappa shape index (κ2) is 11.4. The summed E-state index contributed by atoms with van der Waals surface area (Å²) in [6, 6.07) is 0. The van der Waals surface area contributed by atoms with Crippen LogP contribution in [0.2, 0.25) is 0 Å². The lowest BCUT2D eigenvalue weighted by atomic mass is 9.83. The number of hydrogen-bond donors (Lipinski definition) is 1. The van der Waals surface area contributed by atoms with E-state index >= 15 is 0 Å². The van der Waals surface area contributed by atoms with E-state index in [-0.39, 0.29) is 41.7 Å². The Morgan fingerprint density at radius 1 is 1.24 bits per heavy atom. The first-order chi connectivity index (χ1) is 11.9. The van der Waals surface area contributed by atoms with E-state index in [0.717, 1.165) is 25.7 Å². The van der Waals surface area contributed by atoms with Gasteiger partial charge in [-0.25, -0.2) is 0 Å². The molecule has 144 valence electrons. The van der Waals surface area contributed by atoms with Crippen molar-refractivity contribution >= 4 is 17.5 Å². The second-order valence-electron chi connectivity index (χ2n) is 7.51. The van der Waals surface area contributed by atoms with Gasteiger partial charge in [0.1, 0.15) is 11.6 Å². The molecule has 1 N–H and O–H groups in total. The molecular formula is C20H34O5. The van der Waals surface area contributed by atoms with Crippen LogP contribution < -0.4 is 0 Å². The van der Waals surface area contributed by atoms with E-state index in [1.54, 1.807) is 0 Å². The number of rotatable bonds is 12. The Balaban J connectivity index is 2.45. The minimum atomic E-state index is -0.628. The van der Waals surface area contributed by atoms with E-state index in [4.69, 9.17) is 0 Å². The standard InChI is InChI=1S/C20H34O5/c1-4-5-6-7-15(21)9-11-17-16(18(22)13-19(17)23)10-8-14(2)12-20(24)25-3/h14,16-17,19,23H,4-13H2,1-3H3/t14?,16-,17+,19+/m0/s1. The molecule has 0 bridgehead atoms. The minimum absolute atomic E-state index is 0.0983. The van der Waals surface area contributed by atoms with Gasteiger partial charge in [-0.05, 0) is 37.5 Å². The van der Waals surface area contributed by atoms with Gasteiger partial charge >= 0.3 is 5.97 Å². The molecule has 5 heteroatoms. The van der Waals surface area contributed by atoms with E-state index in [1.807, 2.05) is 6.92 Å². The van der Waals surface area contributed by atoms with Crippen molar-refractivity contribution in [3.8, 4) is 0 Å². The number of ether oxygens (including phenoxy) is 1. The summed E-state index contributed by atoms with van der Waals surface area (Å²) in [7, 11) is 1.37. The largest absolute Gasteiger partial charge is 0.469 e. The number of aliphatic hydroxyl groups excluding tert-OH is 1. The van der Waals surface area contributed by atoms with Crippen molar-refractivity contribution < 1.29 is 24.2 Å². The van der Waals surface area contributed by atoms with Crippen LogP contribution in [0.5, 0.6) is 0 Å². The van der Waals surface area contributed by atoms with Crippen LogP contribution in [0.15, 0.2) is 0 Å². The average molecular weight is 354 g/mol. The smallest absolute Gasteiger partial charge is 0.305 e. The molecule has 1 fully saturated rings. The molecule has 0 aromatic heterocycles. The van der Waals surface area contributed by atoms with Crippen molar-refractivity contribution in [3.63, 3.8) is 0 Å². The van der Waals surface area contributed by atoms with Crippen LogP contribution >= 0.6 is 0 Å².